The number of hydrogen-bond donors (Lipinski definition) is 3. The van der Waals surface area contributed by atoms with Crippen molar-refractivity contribution >= 4 is 44.3 Å². The molecule has 2 aromatic rings. The average Bonchev–Trinajstić information content (AvgIpc) is 2.95. The van der Waals surface area contributed by atoms with Crippen molar-refractivity contribution in [3.05, 3.63) is 29.8 Å². The molecule has 0 saturated heterocycles. The summed E-state index contributed by atoms with van der Waals surface area (Å²) in [5.74, 6) is -1.93. The zero-order valence-corrected chi connectivity index (χ0v) is 15.1. The molecule has 11 nitrogen and oxygen atoms in total. The summed E-state index contributed by atoms with van der Waals surface area (Å²) in [4.78, 5) is 31.7. The van der Waals surface area contributed by atoms with Gasteiger partial charge in [-0.3, -0.25) is 9.59 Å². The predicted molar refractivity (Wildman–Crippen MR) is 90.3 cm³/mol. The Morgan fingerprint density at radius 1 is 1.19 bits per heavy atom. The number of aromatic carboxylic acids is 1. The maximum absolute atomic E-state index is 10.7. The Hall–Kier alpha value is -2.90. The van der Waals surface area contributed by atoms with Gasteiger partial charge in [0, 0.05) is 13.8 Å². The Morgan fingerprint density at radius 2 is 1.81 bits per heavy atom. The number of carboxylic acids is 1. The third-order valence-electron chi connectivity index (χ3n) is 2.30. The highest BCUT2D eigenvalue weighted by Crippen LogP contribution is 2.18. The number of anilines is 1. The molecule has 1 amide bonds. The minimum atomic E-state index is -3.82. The van der Waals surface area contributed by atoms with Crippen LogP contribution in [0, 0.1) is 0 Å². The number of hydrogen-bond acceptors (Lipinski definition) is 9. The van der Waals surface area contributed by atoms with Crippen LogP contribution in [0.15, 0.2) is 28.6 Å². The van der Waals surface area contributed by atoms with Crippen molar-refractivity contribution in [3.63, 3.8) is 0 Å². The van der Waals surface area contributed by atoms with E-state index in [-0.39, 0.29) is 26.7 Å². The predicted octanol–water partition coefficient (Wildman–Crippen LogP) is 0.454. The Bertz CT molecular complexity index is 924. The summed E-state index contributed by atoms with van der Waals surface area (Å²) in [5, 5.41) is 22.5. The lowest BCUT2D eigenvalue weighted by Gasteiger charge is -2.03. The number of aromatic nitrogens is 2. The van der Waals surface area contributed by atoms with Crippen molar-refractivity contribution < 1.29 is 32.6 Å². The van der Waals surface area contributed by atoms with Crippen LogP contribution in [0.5, 0.6) is 5.75 Å². The first-order chi connectivity index (χ1) is 12.0. The first kappa shape index (κ1) is 21.1. The van der Waals surface area contributed by atoms with Crippen LogP contribution in [0.2, 0.25) is 0 Å². The Labute approximate surface area is 151 Å². The summed E-state index contributed by atoms with van der Waals surface area (Å²) in [5.41, 5.74) is -0.0160. The monoisotopic (exact) mass is 402 g/mol. The van der Waals surface area contributed by atoms with Crippen molar-refractivity contribution in [2.75, 3.05) is 5.32 Å². The van der Waals surface area contributed by atoms with E-state index in [1.54, 1.807) is 12.1 Å². The van der Waals surface area contributed by atoms with Gasteiger partial charge in [0.2, 0.25) is 15.4 Å². The number of carbonyl (C=O) groups is 3. The van der Waals surface area contributed by atoms with Crippen LogP contribution in [-0.2, 0) is 19.6 Å². The van der Waals surface area contributed by atoms with Gasteiger partial charge in [0.15, 0.2) is 0 Å². The van der Waals surface area contributed by atoms with Gasteiger partial charge in [-0.25, -0.2) is 18.4 Å². The summed E-state index contributed by atoms with van der Waals surface area (Å²) < 4.78 is 25.8. The van der Waals surface area contributed by atoms with Gasteiger partial charge in [0.05, 0.1) is 0 Å². The number of nitrogens with zero attached hydrogens (tertiary/aromatic N) is 2. The molecule has 140 valence electrons. The topological polar surface area (TPSA) is 179 Å². The van der Waals surface area contributed by atoms with E-state index in [0.717, 1.165) is 0 Å². The van der Waals surface area contributed by atoms with Crippen LogP contribution in [0.3, 0.4) is 0 Å². The molecule has 0 unspecified atom stereocenters. The fraction of sp³-hybridized carbons (Fsp3) is 0.154. The molecule has 1 aromatic heterocycles. The molecule has 0 saturated carbocycles. The summed E-state index contributed by atoms with van der Waals surface area (Å²) >= 11 is 0.701. The number of carboxylic acid groups (broad SMARTS) is 1. The molecule has 1 aromatic carbocycles. The number of sulfonamides is 1. The van der Waals surface area contributed by atoms with Crippen LogP contribution >= 0.6 is 11.3 Å². The number of amides is 1. The second-order valence-corrected chi connectivity index (χ2v) is 7.21. The Morgan fingerprint density at radius 3 is 2.27 bits per heavy atom. The zero-order valence-electron chi connectivity index (χ0n) is 13.5. The summed E-state index contributed by atoms with van der Waals surface area (Å²) in [7, 11) is -3.82. The number of esters is 1. The van der Waals surface area contributed by atoms with Gasteiger partial charge in [-0.1, -0.05) is 23.5 Å². The first-order valence-electron chi connectivity index (χ1n) is 6.65. The van der Waals surface area contributed by atoms with Gasteiger partial charge in [-0.05, 0) is 12.1 Å². The lowest BCUT2D eigenvalue weighted by atomic mass is 10.2. The highest BCUT2D eigenvalue weighted by atomic mass is 32.2. The fourth-order valence-corrected chi connectivity index (χ4v) is 2.79. The van der Waals surface area contributed by atoms with E-state index in [9.17, 15) is 22.8 Å². The molecule has 0 aliphatic carbocycles. The third-order valence-corrected chi connectivity index (χ3v) is 4.45. The number of para-hydroxylation sites is 1. The highest BCUT2D eigenvalue weighted by Gasteiger charge is 2.15. The van der Waals surface area contributed by atoms with Gasteiger partial charge in [-0.2, -0.15) is 0 Å². The number of ether oxygens (including phenoxy) is 1. The molecular weight excluding hydrogens is 388 g/mol. The first-order valence-corrected chi connectivity index (χ1v) is 9.01. The minimum Gasteiger partial charge on any atom is -0.478 e. The van der Waals surface area contributed by atoms with E-state index in [1.165, 1.54) is 26.0 Å². The molecule has 2 rings (SSSR count). The summed E-state index contributed by atoms with van der Waals surface area (Å²) in [6.07, 6.45) is 0. The standard InChI is InChI=1S/C9H8O4.C4H6N4O3S2/c1-6(10)13-8-5-3-2-4-7(8)9(11)12;1-2(9)6-3-7-8-4(12-3)13(5,10)11/h2-5H,1H3,(H,11,12);1H3,(H2,5,10,11)(H,6,7,9). The molecular formula is C13H14N4O7S2. The van der Waals surface area contributed by atoms with Crippen LogP contribution in [-0.4, -0.2) is 41.6 Å². The largest absolute Gasteiger partial charge is 0.478 e. The minimum absolute atomic E-state index is 0.0160. The molecule has 4 N–H and O–H groups in total. The number of carbonyl (C=O) groups excluding carboxylic acids is 2. The van der Waals surface area contributed by atoms with Crippen LogP contribution in [0.4, 0.5) is 5.13 Å². The van der Waals surface area contributed by atoms with Crippen molar-refractivity contribution in [1.82, 2.24) is 10.2 Å². The van der Waals surface area contributed by atoms with Crippen molar-refractivity contribution in [2.24, 2.45) is 5.14 Å². The zero-order chi connectivity index (χ0) is 19.9. The van der Waals surface area contributed by atoms with E-state index in [0.29, 0.717) is 11.3 Å². The lowest BCUT2D eigenvalue weighted by molar-refractivity contribution is -0.131. The molecule has 0 aliphatic heterocycles. The van der Waals surface area contributed by atoms with Gasteiger partial charge < -0.3 is 15.2 Å². The molecule has 0 fully saturated rings. The Kier molecular flexibility index (Phi) is 7.30. The average molecular weight is 402 g/mol. The van der Waals surface area contributed by atoms with Crippen LogP contribution in [0.25, 0.3) is 0 Å². The third kappa shape index (κ3) is 6.92. The maximum atomic E-state index is 10.7. The highest BCUT2D eigenvalue weighted by molar-refractivity contribution is 7.91. The smallest absolute Gasteiger partial charge is 0.339 e. The van der Waals surface area contributed by atoms with E-state index in [1.807, 2.05) is 0 Å². The van der Waals surface area contributed by atoms with E-state index in [2.05, 4.69) is 20.3 Å². The van der Waals surface area contributed by atoms with Crippen molar-refractivity contribution in [3.8, 4) is 5.75 Å². The van der Waals surface area contributed by atoms with E-state index >= 15 is 0 Å². The van der Waals surface area contributed by atoms with Gasteiger partial charge >= 0.3 is 11.9 Å². The molecule has 0 aliphatic rings. The second-order valence-electron chi connectivity index (χ2n) is 4.49. The normalized spacial score (nSPS) is 10.3. The van der Waals surface area contributed by atoms with Crippen molar-refractivity contribution in [2.45, 2.75) is 18.2 Å². The maximum Gasteiger partial charge on any atom is 0.339 e. The molecule has 0 atom stereocenters. The molecule has 1 heterocycles. The van der Waals surface area contributed by atoms with Crippen LogP contribution < -0.4 is 15.2 Å². The number of nitrogens with two attached hydrogens (primary N) is 1. The number of nitrogens with one attached hydrogen (secondary N) is 1. The van der Waals surface area contributed by atoms with E-state index < -0.39 is 22.0 Å². The molecule has 26 heavy (non-hydrogen) atoms. The molecule has 0 spiro atoms. The number of benzene rings is 1. The van der Waals surface area contributed by atoms with E-state index in [4.69, 9.17) is 10.2 Å². The van der Waals surface area contributed by atoms with Gasteiger partial charge in [-0.15, -0.1) is 10.2 Å². The lowest BCUT2D eigenvalue weighted by Crippen LogP contribution is -2.11. The second kappa shape index (κ2) is 8.98. The summed E-state index contributed by atoms with van der Waals surface area (Å²) in [6, 6.07) is 5.98. The molecule has 0 bridgehead atoms. The number of rotatable bonds is 4. The molecule has 0 radical (unpaired) electrons. The summed E-state index contributed by atoms with van der Waals surface area (Å²) in [6.45, 7) is 2.50. The van der Waals surface area contributed by atoms with Crippen LogP contribution in [0.1, 0.15) is 24.2 Å². The molecule has 13 heteroatoms. The van der Waals surface area contributed by atoms with Gasteiger partial charge in [0.1, 0.15) is 11.3 Å². The van der Waals surface area contributed by atoms with Crippen molar-refractivity contribution in [1.29, 1.82) is 0 Å². The fourth-order valence-electron chi connectivity index (χ4n) is 1.41. The Balaban J connectivity index is 0.000000260. The SMILES string of the molecule is CC(=O)Nc1nnc(S(N)(=O)=O)s1.CC(=O)Oc1ccccc1C(=O)O. The number of primary sulfonamides is 1. The quantitative estimate of drug-likeness (QED) is 0.372. The van der Waals surface area contributed by atoms with Gasteiger partial charge in [0.25, 0.3) is 10.0 Å².